The van der Waals surface area contributed by atoms with E-state index >= 15 is 0 Å². The van der Waals surface area contributed by atoms with Crippen LogP contribution in [0.1, 0.15) is 30.0 Å². The van der Waals surface area contributed by atoms with E-state index in [1.165, 1.54) is 0 Å². The summed E-state index contributed by atoms with van der Waals surface area (Å²) in [4.78, 5) is 0. The molecule has 0 bridgehead atoms. The number of hydrogen-bond acceptors (Lipinski definition) is 1. The summed E-state index contributed by atoms with van der Waals surface area (Å²) in [6.45, 7) is 0. The van der Waals surface area contributed by atoms with Gasteiger partial charge in [-0.3, -0.25) is 5.32 Å². The van der Waals surface area contributed by atoms with E-state index in [2.05, 4.69) is 5.32 Å². The number of alkyl halides is 3. The lowest BCUT2D eigenvalue weighted by Gasteiger charge is -2.28. The fourth-order valence-corrected chi connectivity index (χ4v) is 2.56. The molecule has 0 saturated heterocycles. The topological polar surface area (TPSA) is 12.0 Å². The highest BCUT2D eigenvalue weighted by atomic mass is 19.4. The predicted octanol–water partition coefficient (Wildman–Crippen LogP) is 4.46. The smallest absolute Gasteiger partial charge is 0.293 e. The van der Waals surface area contributed by atoms with E-state index < -0.39 is 17.8 Å². The largest absolute Gasteiger partial charge is 0.406 e. The van der Waals surface area contributed by atoms with E-state index in [4.69, 9.17) is 0 Å². The van der Waals surface area contributed by atoms with Gasteiger partial charge in [0.15, 0.2) is 0 Å². The Morgan fingerprint density at radius 3 is 1.57 bits per heavy atom. The average Bonchev–Trinajstić information content (AvgIpc) is 3.27. The first-order chi connectivity index (χ1) is 10.0. The minimum absolute atomic E-state index is 0.146. The Bertz CT molecular complexity index is 549. The van der Waals surface area contributed by atoms with E-state index in [0.29, 0.717) is 0 Å². The van der Waals surface area contributed by atoms with Crippen molar-refractivity contribution in [2.75, 3.05) is 0 Å². The van der Waals surface area contributed by atoms with Crippen molar-refractivity contribution >= 4 is 0 Å². The molecule has 110 valence electrons. The molecule has 21 heavy (non-hydrogen) atoms. The highest BCUT2D eigenvalue weighted by Gasteiger charge is 2.63. The van der Waals surface area contributed by atoms with Crippen molar-refractivity contribution in [1.82, 2.24) is 5.32 Å². The molecule has 0 heterocycles. The normalized spacial score (nSPS) is 17.0. The van der Waals surface area contributed by atoms with Crippen molar-refractivity contribution in [1.29, 1.82) is 0 Å². The first kappa shape index (κ1) is 14.1. The van der Waals surface area contributed by atoms with Crippen LogP contribution in [0.25, 0.3) is 0 Å². The number of nitrogens with one attached hydrogen (secondary N) is 1. The molecule has 2 aromatic carbocycles. The van der Waals surface area contributed by atoms with Crippen LogP contribution in [0.3, 0.4) is 0 Å². The Balaban J connectivity index is 1.95. The lowest BCUT2D eigenvalue weighted by molar-refractivity contribution is -0.167. The predicted molar refractivity (Wildman–Crippen MR) is 75.9 cm³/mol. The third-order valence-corrected chi connectivity index (χ3v) is 3.98. The maximum Gasteiger partial charge on any atom is 0.406 e. The summed E-state index contributed by atoms with van der Waals surface area (Å²) in [5, 5.41) is 2.85. The standard InChI is InChI=1S/C17H16F3N/c18-17(19,20)16(11-12-16)21-15(13-7-3-1-4-8-13)14-9-5-2-6-10-14/h1-10,15,21H,11-12H2. The molecule has 1 N–H and O–H groups in total. The number of rotatable bonds is 4. The highest BCUT2D eigenvalue weighted by molar-refractivity contribution is 5.33. The first-order valence-electron chi connectivity index (χ1n) is 6.96. The van der Waals surface area contributed by atoms with Gasteiger partial charge in [0.2, 0.25) is 0 Å². The maximum absolute atomic E-state index is 13.2. The Hall–Kier alpha value is -1.81. The molecule has 0 radical (unpaired) electrons. The molecule has 2 aromatic rings. The zero-order valence-corrected chi connectivity index (χ0v) is 11.4. The first-order valence-corrected chi connectivity index (χ1v) is 6.96. The van der Waals surface area contributed by atoms with E-state index in [1.54, 1.807) is 0 Å². The minimum atomic E-state index is -4.21. The van der Waals surface area contributed by atoms with Crippen LogP contribution in [0.15, 0.2) is 60.7 Å². The van der Waals surface area contributed by atoms with Crippen molar-refractivity contribution in [3.8, 4) is 0 Å². The van der Waals surface area contributed by atoms with Crippen LogP contribution in [0.2, 0.25) is 0 Å². The zero-order chi connectivity index (χ0) is 14.9. The van der Waals surface area contributed by atoms with E-state index in [1.807, 2.05) is 60.7 Å². The summed E-state index contributed by atoms with van der Waals surface area (Å²) in [7, 11) is 0. The summed E-state index contributed by atoms with van der Waals surface area (Å²) in [5.41, 5.74) is -0.0398. The van der Waals surface area contributed by atoms with Gasteiger partial charge in [-0.1, -0.05) is 60.7 Å². The second kappa shape index (κ2) is 5.19. The summed E-state index contributed by atoms with van der Waals surface area (Å²) in [6, 6.07) is 18.1. The Morgan fingerprint density at radius 2 is 1.24 bits per heavy atom. The van der Waals surface area contributed by atoms with Crippen LogP contribution < -0.4 is 5.32 Å². The lowest BCUT2D eigenvalue weighted by Crippen LogP contribution is -2.46. The molecule has 0 atom stereocenters. The van der Waals surface area contributed by atoms with Crippen molar-refractivity contribution in [3.05, 3.63) is 71.8 Å². The number of halogens is 3. The average molecular weight is 291 g/mol. The van der Waals surface area contributed by atoms with Crippen molar-refractivity contribution < 1.29 is 13.2 Å². The van der Waals surface area contributed by atoms with Gasteiger partial charge in [0.25, 0.3) is 0 Å². The van der Waals surface area contributed by atoms with E-state index in [-0.39, 0.29) is 12.8 Å². The fourth-order valence-electron chi connectivity index (χ4n) is 2.56. The third-order valence-electron chi connectivity index (χ3n) is 3.98. The molecule has 3 rings (SSSR count). The second-order valence-electron chi connectivity index (χ2n) is 5.48. The van der Waals surface area contributed by atoms with Crippen molar-refractivity contribution in [3.63, 3.8) is 0 Å². The van der Waals surface area contributed by atoms with Gasteiger partial charge in [-0.25, -0.2) is 0 Å². The van der Waals surface area contributed by atoms with Gasteiger partial charge in [-0.2, -0.15) is 13.2 Å². The molecule has 0 amide bonds. The van der Waals surface area contributed by atoms with Crippen LogP contribution in [0.5, 0.6) is 0 Å². The van der Waals surface area contributed by atoms with Gasteiger partial charge in [-0.05, 0) is 24.0 Å². The Labute approximate surface area is 121 Å². The Morgan fingerprint density at radius 1 is 0.810 bits per heavy atom. The summed E-state index contributed by atoms with van der Waals surface area (Å²) >= 11 is 0. The third kappa shape index (κ3) is 2.81. The minimum Gasteiger partial charge on any atom is -0.293 e. The van der Waals surface area contributed by atoms with E-state index in [9.17, 15) is 13.2 Å². The van der Waals surface area contributed by atoms with Crippen LogP contribution in [0, 0.1) is 0 Å². The molecule has 1 aliphatic rings. The molecule has 4 heteroatoms. The molecule has 0 unspecified atom stereocenters. The van der Waals surface area contributed by atoms with Crippen LogP contribution in [-0.4, -0.2) is 11.7 Å². The summed E-state index contributed by atoms with van der Waals surface area (Å²) < 4.78 is 39.7. The number of benzene rings is 2. The van der Waals surface area contributed by atoms with Crippen molar-refractivity contribution in [2.24, 2.45) is 0 Å². The quantitative estimate of drug-likeness (QED) is 0.877. The van der Waals surface area contributed by atoms with E-state index in [0.717, 1.165) is 11.1 Å². The molecule has 0 spiro atoms. The second-order valence-corrected chi connectivity index (χ2v) is 5.48. The van der Waals surface area contributed by atoms with Gasteiger partial charge < -0.3 is 0 Å². The van der Waals surface area contributed by atoms with Crippen LogP contribution in [-0.2, 0) is 0 Å². The van der Waals surface area contributed by atoms with Gasteiger partial charge in [0.1, 0.15) is 5.54 Å². The molecule has 1 saturated carbocycles. The monoisotopic (exact) mass is 291 g/mol. The molecule has 0 aliphatic heterocycles. The highest BCUT2D eigenvalue weighted by Crippen LogP contribution is 2.50. The van der Waals surface area contributed by atoms with Gasteiger partial charge in [-0.15, -0.1) is 0 Å². The molecule has 0 aromatic heterocycles. The van der Waals surface area contributed by atoms with Crippen LogP contribution >= 0.6 is 0 Å². The maximum atomic E-state index is 13.2. The zero-order valence-electron chi connectivity index (χ0n) is 11.4. The molecule has 1 fully saturated rings. The fraction of sp³-hybridized carbons (Fsp3) is 0.294. The SMILES string of the molecule is FC(F)(F)C1(NC(c2ccccc2)c2ccccc2)CC1. The van der Waals surface area contributed by atoms with Gasteiger partial charge in [0, 0.05) is 0 Å². The molecule has 1 aliphatic carbocycles. The molecule has 1 nitrogen and oxygen atoms in total. The molecular weight excluding hydrogens is 275 g/mol. The lowest BCUT2D eigenvalue weighted by atomic mass is 9.97. The van der Waals surface area contributed by atoms with Crippen LogP contribution in [0.4, 0.5) is 13.2 Å². The Kier molecular flexibility index (Phi) is 3.49. The molecular formula is C17H16F3N. The summed E-state index contributed by atoms with van der Waals surface area (Å²) in [5.74, 6) is 0. The van der Waals surface area contributed by atoms with Gasteiger partial charge in [0.05, 0.1) is 6.04 Å². The van der Waals surface area contributed by atoms with Gasteiger partial charge >= 0.3 is 6.18 Å². The summed E-state index contributed by atoms with van der Waals surface area (Å²) in [6.07, 6.45) is -3.92. The number of hydrogen-bond donors (Lipinski definition) is 1. The van der Waals surface area contributed by atoms with Crippen molar-refractivity contribution in [2.45, 2.75) is 30.6 Å².